The van der Waals surface area contributed by atoms with Crippen LogP contribution in [-0.4, -0.2) is 32.0 Å². The highest BCUT2D eigenvalue weighted by Crippen LogP contribution is 2.22. The predicted molar refractivity (Wildman–Crippen MR) is 88.9 cm³/mol. The highest BCUT2D eigenvalue weighted by Gasteiger charge is 2.22. The first-order valence-corrected chi connectivity index (χ1v) is 8.42. The van der Waals surface area contributed by atoms with Crippen molar-refractivity contribution in [2.24, 2.45) is 0 Å². The predicted octanol–water partition coefficient (Wildman–Crippen LogP) is 3.68. The molecule has 2 aromatic heterocycles. The molecule has 0 bridgehead atoms. The lowest BCUT2D eigenvalue weighted by molar-refractivity contribution is 0.128. The first-order chi connectivity index (χ1) is 10.7. The maximum atomic E-state index is 5.87. The van der Waals surface area contributed by atoms with Crippen LogP contribution in [-0.2, 0) is 13.1 Å². The second kappa shape index (κ2) is 7.25. The second-order valence-corrected chi connectivity index (χ2v) is 6.45. The molecule has 0 radical (unpaired) electrons. The molecule has 0 unspecified atom stereocenters. The summed E-state index contributed by atoms with van der Waals surface area (Å²) in [6.45, 7) is 5.26. The van der Waals surface area contributed by atoms with Crippen molar-refractivity contribution in [1.82, 2.24) is 19.4 Å². The molecule has 1 aliphatic rings. The molecular weight excluding hydrogens is 296 g/mol. The van der Waals surface area contributed by atoms with Gasteiger partial charge in [-0.1, -0.05) is 24.1 Å². The van der Waals surface area contributed by atoms with E-state index in [1.54, 1.807) is 0 Å². The largest absolute Gasteiger partial charge is 0.335 e. The van der Waals surface area contributed by atoms with Gasteiger partial charge in [-0.25, -0.2) is 9.97 Å². The minimum atomic E-state index is 0.564. The van der Waals surface area contributed by atoms with Gasteiger partial charge in [-0.3, -0.25) is 4.90 Å². The van der Waals surface area contributed by atoms with Crippen LogP contribution in [0.4, 0.5) is 0 Å². The molecule has 0 saturated carbocycles. The lowest BCUT2D eigenvalue weighted by Crippen LogP contribution is -2.39. The van der Waals surface area contributed by atoms with E-state index < -0.39 is 0 Å². The molecular formula is C17H23ClN4. The maximum Gasteiger partial charge on any atom is 0.129 e. The van der Waals surface area contributed by atoms with E-state index in [9.17, 15) is 0 Å². The lowest BCUT2D eigenvalue weighted by Gasteiger charge is -2.36. The molecule has 4 nitrogen and oxygen atoms in total. The van der Waals surface area contributed by atoms with Gasteiger partial charge >= 0.3 is 0 Å². The Hall–Kier alpha value is -1.39. The molecule has 0 aromatic carbocycles. The number of rotatable bonds is 5. The van der Waals surface area contributed by atoms with Crippen molar-refractivity contribution in [3.63, 3.8) is 0 Å². The zero-order chi connectivity index (χ0) is 15.4. The van der Waals surface area contributed by atoms with Gasteiger partial charge in [0.2, 0.25) is 0 Å². The minimum Gasteiger partial charge on any atom is -0.335 e. The van der Waals surface area contributed by atoms with Crippen molar-refractivity contribution < 1.29 is 0 Å². The molecule has 5 heteroatoms. The van der Waals surface area contributed by atoms with Crippen LogP contribution in [0, 0.1) is 6.92 Å². The fourth-order valence-electron chi connectivity index (χ4n) is 3.26. The number of nitrogens with zero attached hydrogens (tertiary/aromatic N) is 4. The number of hydrogen-bond acceptors (Lipinski definition) is 3. The third-order valence-electron chi connectivity index (χ3n) is 4.55. The van der Waals surface area contributed by atoms with Gasteiger partial charge in [-0.2, -0.15) is 0 Å². The maximum absolute atomic E-state index is 5.87. The standard InChI is InChI=1S/C17H23ClN4/c1-14-19-8-11-21(14)10-7-16-4-2-3-9-22(16)13-15-5-6-17(18)20-12-15/h5-6,8,11-12,16H,2-4,7,9-10,13H2,1H3/t16-/m0/s1. The average Bonchev–Trinajstić information content (AvgIpc) is 2.94. The van der Waals surface area contributed by atoms with Crippen LogP contribution < -0.4 is 0 Å². The van der Waals surface area contributed by atoms with Crippen LogP contribution in [0.1, 0.15) is 37.1 Å². The Morgan fingerprint density at radius 1 is 1.27 bits per heavy atom. The van der Waals surface area contributed by atoms with Crippen LogP contribution in [0.15, 0.2) is 30.7 Å². The molecule has 3 rings (SSSR count). The van der Waals surface area contributed by atoms with Gasteiger partial charge in [0.25, 0.3) is 0 Å². The van der Waals surface area contributed by atoms with Crippen LogP contribution in [0.25, 0.3) is 0 Å². The Balaban J connectivity index is 1.61. The normalized spacial score (nSPS) is 19.5. The number of halogens is 1. The number of aromatic nitrogens is 3. The van der Waals surface area contributed by atoms with E-state index in [1.165, 1.54) is 37.8 Å². The summed E-state index contributed by atoms with van der Waals surface area (Å²) in [5.41, 5.74) is 1.25. The summed E-state index contributed by atoms with van der Waals surface area (Å²) in [6.07, 6.45) is 10.9. The van der Waals surface area contributed by atoms with Gasteiger partial charge in [0.15, 0.2) is 0 Å². The molecule has 1 atom stereocenters. The summed E-state index contributed by atoms with van der Waals surface area (Å²) in [6, 6.07) is 4.61. The fourth-order valence-corrected chi connectivity index (χ4v) is 3.37. The van der Waals surface area contributed by atoms with Gasteiger partial charge in [0.1, 0.15) is 11.0 Å². The lowest BCUT2D eigenvalue weighted by atomic mass is 9.98. The SMILES string of the molecule is Cc1nccn1CC[C@@H]1CCCCN1Cc1ccc(Cl)nc1. The van der Waals surface area contributed by atoms with Crippen LogP contribution in [0.5, 0.6) is 0 Å². The zero-order valence-electron chi connectivity index (χ0n) is 13.1. The van der Waals surface area contributed by atoms with Crippen molar-refractivity contribution >= 4 is 11.6 Å². The van der Waals surface area contributed by atoms with Crippen LogP contribution >= 0.6 is 11.6 Å². The van der Waals surface area contributed by atoms with E-state index in [0.29, 0.717) is 11.2 Å². The number of hydrogen-bond donors (Lipinski definition) is 0. The Bertz CT molecular complexity index is 593. The summed E-state index contributed by atoms with van der Waals surface area (Å²) in [5.74, 6) is 1.10. The molecule has 1 fully saturated rings. The first-order valence-electron chi connectivity index (χ1n) is 8.04. The molecule has 0 spiro atoms. The van der Waals surface area contributed by atoms with Gasteiger partial charge in [0.05, 0.1) is 0 Å². The number of pyridine rings is 1. The summed E-state index contributed by atoms with van der Waals surface area (Å²) in [7, 11) is 0. The van der Waals surface area contributed by atoms with Crippen molar-refractivity contribution in [3.8, 4) is 0 Å². The molecule has 1 saturated heterocycles. The number of piperidine rings is 1. The summed E-state index contributed by atoms with van der Waals surface area (Å²) >= 11 is 5.87. The molecule has 0 aliphatic carbocycles. The summed E-state index contributed by atoms with van der Waals surface area (Å²) in [5, 5.41) is 0.564. The smallest absolute Gasteiger partial charge is 0.129 e. The van der Waals surface area contributed by atoms with E-state index >= 15 is 0 Å². The highest BCUT2D eigenvalue weighted by atomic mass is 35.5. The van der Waals surface area contributed by atoms with E-state index in [1.807, 2.05) is 18.5 Å². The molecule has 118 valence electrons. The van der Waals surface area contributed by atoms with Crippen LogP contribution in [0.2, 0.25) is 5.15 Å². The molecule has 0 N–H and O–H groups in total. The molecule has 22 heavy (non-hydrogen) atoms. The zero-order valence-corrected chi connectivity index (χ0v) is 13.8. The number of likely N-dealkylation sites (tertiary alicyclic amines) is 1. The topological polar surface area (TPSA) is 34.0 Å². The van der Waals surface area contributed by atoms with E-state index in [2.05, 4.69) is 38.6 Å². The Morgan fingerprint density at radius 3 is 2.91 bits per heavy atom. The minimum absolute atomic E-state index is 0.564. The molecule has 2 aromatic rings. The summed E-state index contributed by atoms with van der Waals surface area (Å²) in [4.78, 5) is 11.1. The molecule has 3 heterocycles. The van der Waals surface area contributed by atoms with Gasteiger partial charge in [-0.05, 0) is 44.4 Å². The Labute approximate surface area is 137 Å². The van der Waals surface area contributed by atoms with Crippen molar-refractivity contribution in [2.45, 2.75) is 51.7 Å². The monoisotopic (exact) mass is 318 g/mol. The highest BCUT2D eigenvalue weighted by molar-refractivity contribution is 6.29. The number of aryl methyl sites for hydroxylation is 2. The third-order valence-corrected chi connectivity index (χ3v) is 4.77. The van der Waals surface area contributed by atoms with Gasteiger partial charge < -0.3 is 4.57 Å². The van der Waals surface area contributed by atoms with Gasteiger partial charge in [-0.15, -0.1) is 0 Å². The van der Waals surface area contributed by atoms with Crippen molar-refractivity contribution in [2.75, 3.05) is 6.54 Å². The van der Waals surface area contributed by atoms with Crippen molar-refractivity contribution in [3.05, 3.63) is 47.3 Å². The second-order valence-electron chi connectivity index (χ2n) is 6.07. The van der Waals surface area contributed by atoms with Crippen LogP contribution in [0.3, 0.4) is 0 Å². The first kappa shape index (κ1) is 15.5. The Kier molecular flexibility index (Phi) is 5.11. The average molecular weight is 319 g/mol. The number of imidazole rings is 1. The third kappa shape index (κ3) is 3.87. The molecule has 1 aliphatic heterocycles. The van der Waals surface area contributed by atoms with E-state index in [-0.39, 0.29) is 0 Å². The van der Waals surface area contributed by atoms with E-state index in [4.69, 9.17) is 11.6 Å². The van der Waals surface area contributed by atoms with Gasteiger partial charge in [0, 0.05) is 37.7 Å². The van der Waals surface area contributed by atoms with Crippen molar-refractivity contribution in [1.29, 1.82) is 0 Å². The quantitative estimate of drug-likeness (QED) is 0.789. The Morgan fingerprint density at radius 2 is 2.18 bits per heavy atom. The van der Waals surface area contributed by atoms with E-state index in [0.717, 1.165) is 18.9 Å². The summed E-state index contributed by atoms with van der Waals surface area (Å²) < 4.78 is 2.25. The molecule has 0 amide bonds. The fraction of sp³-hybridized carbons (Fsp3) is 0.529.